The predicted octanol–water partition coefficient (Wildman–Crippen LogP) is 2.35. The van der Waals surface area contributed by atoms with Crippen LogP contribution in [0.25, 0.3) is 0 Å². The zero-order valence-electron chi connectivity index (χ0n) is 12.5. The molecular formula is C15H20N4OS. The van der Waals surface area contributed by atoms with Gasteiger partial charge in [0, 0.05) is 30.7 Å². The van der Waals surface area contributed by atoms with E-state index in [1.807, 2.05) is 29.7 Å². The Kier molecular flexibility index (Phi) is 4.05. The molecule has 0 aliphatic carbocycles. The molecule has 0 N–H and O–H groups in total. The molecule has 1 aliphatic heterocycles. The lowest BCUT2D eigenvalue weighted by Gasteiger charge is -2.23. The second-order valence-electron chi connectivity index (χ2n) is 5.46. The van der Waals surface area contributed by atoms with Crippen molar-refractivity contribution in [2.45, 2.75) is 38.6 Å². The summed E-state index contributed by atoms with van der Waals surface area (Å²) < 4.78 is 1.80. The van der Waals surface area contributed by atoms with Gasteiger partial charge in [0.2, 0.25) is 5.91 Å². The Labute approximate surface area is 128 Å². The molecule has 112 valence electrons. The van der Waals surface area contributed by atoms with Gasteiger partial charge in [-0.1, -0.05) is 6.92 Å². The summed E-state index contributed by atoms with van der Waals surface area (Å²) in [5, 5.41) is 7.33. The molecule has 3 heterocycles. The standard InChI is InChI=1S/C15H20N4OS/c1-3-14-17-12(10-21-14)7-15(20)19-6-4-5-13(19)11-8-16-18(2)9-11/h8-10,13H,3-7H2,1-2H3/t13-/m0/s1. The molecule has 6 heteroatoms. The van der Waals surface area contributed by atoms with Gasteiger partial charge >= 0.3 is 0 Å². The first-order chi connectivity index (χ1) is 10.2. The van der Waals surface area contributed by atoms with Crippen molar-refractivity contribution in [1.29, 1.82) is 0 Å². The third-order valence-corrected chi connectivity index (χ3v) is 4.96. The van der Waals surface area contributed by atoms with Crippen molar-refractivity contribution in [3.05, 3.63) is 34.0 Å². The number of aryl methyl sites for hydroxylation is 2. The highest BCUT2D eigenvalue weighted by Crippen LogP contribution is 2.32. The third kappa shape index (κ3) is 3.00. The van der Waals surface area contributed by atoms with E-state index in [-0.39, 0.29) is 11.9 Å². The Balaban J connectivity index is 1.71. The number of likely N-dealkylation sites (tertiary alicyclic amines) is 1. The van der Waals surface area contributed by atoms with Gasteiger partial charge in [-0.3, -0.25) is 9.48 Å². The molecule has 0 spiro atoms. The number of nitrogens with zero attached hydrogens (tertiary/aromatic N) is 4. The van der Waals surface area contributed by atoms with Crippen molar-refractivity contribution in [3.63, 3.8) is 0 Å². The van der Waals surface area contributed by atoms with Crippen LogP contribution in [0.1, 0.15) is 42.1 Å². The van der Waals surface area contributed by atoms with E-state index in [2.05, 4.69) is 17.0 Å². The number of rotatable bonds is 4. The van der Waals surface area contributed by atoms with Crippen LogP contribution in [0.2, 0.25) is 0 Å². The lowest BCUT2D eigenvalue weighted by atomic mass is 10.1. The zero-order valence-corrected chi connectivity index (χ0v) is 13.3. The van der Waals surface area contributed by atoms with Gasteiger partial charge in [-0.15, -0.1) is 11.3 Å². The quantitative estimate of drug-likeness (QED) is 0.871. The van der Waals surface area contributed by atoms with E-state index in [9.17, 15) is 4.79 Å². The molecule has 1 saturated heterocycles. The third-order valence-electron chi connectivity index (χ3n) is 3.92. The monoisotopic (exact) mass is 304 g/mol. The van der Waals surface area contributed by atoms with Gasteiger partial charge in [-0.2, -0.15) is 5.10 Å². The van der Waals surface area contributed by atoms with Gasteiger partial charge < -0.3 is 4.90 Å². The fourth-order valence-electron chi connectivity index (χ4n) is 2.87. The van der Waals surface area contributed by atoms with E-state index in [1.54, 1.807) is 16.0 Å². The molecule has 5 nitrogen and oxygen atoms in total. The number of hydrogen-bond donors (Lipinski definition) is 0. The highest BCUT2D eigenvalue weighted by molar-refractivity contribution is 7.09. The molecular weight excluding hydrogens is 284 g/mol. The fourth-order valence-corrected chi connectivity index (χ4v) is 3.62. The van der Waals surface area contributed by atoms with Crippen LogP contribution in [-0.4, -0.2) is 32.1 Å². The first-order valence-electron chi connectivity index (χ1n) is 7.38. The molecule has 0 aromatic carbocycles. The number of carbonyl (C=O) groups is 1. The summed E-state index contributed by atoms with van der Waals surface area (Å²) >= 11 is 1.64. The fraction of sp³-hybridized carbons (Fsp3) is 0.533. The highest BCUT2D eigenvalue weighted by Gasteiger charge is 2.30. The largest absolute Gasteiger partial charge is 0.335 e. The van der Waals surface area contributed by atoms with Crippen molar-refractivity contribution < 1.29 is 4.79 Å². The zero-order chi connectivity index (χ0) is 14.8. The maximum Gasteiger partial charge on any atom is 0.229 e. The molecule has 21 heavy (non-hydrogen) atoms. The first-order valence-corrected chi connectivity index (χ1v) is 8.26. The Morgan fingerprint density at radius 1 is 1.52 bits per heavy atom. The van der Waals surface area contributed by atoms with Gasteiger partial charge in [0.25, 0.3) is 0 Å². The predicted molar refractivity (Wildman–Crippen MR) is 82.1 cm³/mol. The minimum atomic E-state index is 0.175. The molecule has 0 radical (unpaired) electrons. The number of hydrogen-bond acceptors (Lipinski definition) is 4. The first kappa shape index (κ1) is 14.3. The van der Waals surface area contributed by atoms with Gasteiger partial charge in [0.05, 0.1) is 29.4 Å². The summed E-state index contributed by atoms with van der Waals surface area (Å²) in [5.74, 6) is 0.175. The number of thiazole rings is 1. The molecule has 1 atom stereocenters. The minimum absolute atomic E-state index is 0.175. The minimum Gasteiger partial charge on any atom is -0.335 e. The van der Waals surface area contributed by atoms with Crippen LogP contribution in [0.4, 0.5) is 0 Å². The maximum absolute atomic E-state index is 12.6. The summed E-state index contributed by atoms with van der Waals surface area (Å²) in [6, 6.07) is 0.176. The molecule has 0 bridgehead atoms. The topological polar surface area (TPSA) is 51.0 Å². The Hall–Kier alpha value is -1.69. The maximum atomic E-state index is 12.6. The normalized spacial score (nSPS) is 18.4. The summed E-state index contributed by atoms with van der Waals surface area (Å²) in [6.45, 7) is 2.92. The second-order valence-corrected chi connectivity index (χ2v) is 6.40. The van der Waals surface area contributed by atoms with E-state index in [0.717, 1.165) is 42.1 Å². The lowest BCUT2D eigenvalue weighted by molar-refractivity contribution is -0.131. The van der Waals surface area contributed by atoms with Crippen LogP contribution in [-0.2, 0) is 24.7 Å². The molecule has 0 saturated carbocycles. The number of aromatic nitrogens is 3. The summed E-state index contributed by atoms with van der Waals surface area (Å²) in [6.07, 6.45) is 7.30. The smallest absolute Gasteiger partial charge is 0.229 e. The van der Waals surface area contributed by atoms with Gasteiger partial charge in [0.15, 0.2) is 0 Å². The Morgan fingerprint density at radius 3 is 3.05 bits per heavy atom. The molecule has 1 fully saturated rings. The van der Waals surface area contributed by atoms with Crippen LogP contribution in [0, 0.1) is 0 Å². The van der Waals surface area contributed by atoms with Crippen LogP contribution >= 0.6 is 11.3 Å². The lowest BCUT2D eigenvalue weighted by Crippen LogP contribution is -2.31. The van der Waals surface area contributed by atoms with Crippen LogP contribution in [0.15, 0.2) is 17.8 Å². The molecule has 2 aromatic rings. The van der Waals surface area contributed by atoms with E-state index in [4.69, 9.17) is 0 Å². The molecule has 2 aromatic heterocycles. The van der Waals surface area contributed by atoms with E-state index >= 15 is 0 Å². The average Bonchev–Trinajstić information content (AvgIpc) is 3.17. The molecule has 1 amide bonds. The van der Waals surface area contributed by atoms with Gasteiger partial charge in [0.1, 0.15) is 0 Å². The van der Waals surface area contributed by atoms with Crippen molar-refractivity contribution in [1.82, 2.24) is 19.7 Å². The van der Waals surface area contributed by atoms with Gasteiger partial charge in [-0.05, 0) is 19.3 Å². The summed E-state index contributed by atoms with van der Waals surface area (Å²) in [7, 11) is 1.91. The highest BCUT2D eigenvalue weighted by atomic mass is 32.1. The van der Waals surface area contributed by atoms with Crippen LogP contribution in [0.3, 0.4) is 0 Å². The van der Waals surface area contributed by atoms with Gasteiger partial charge in [-0.25, -0.2) is 4.98 Å². The average molecular weight is 304 g/mol. The van der Waals surface area contributed by atoms with Crippen molar-refractivity contribution in [3.8, 4) is 0 Å². The van der Waals surface area contributed by atoms with Crippen molar-refractivity contribution in [2.75, 3.05) is 6.54 Å². The van der Waals surface area contributed by atoms with E-state index < -0.39 is 0 Å². The van der Waals surface area contributed by atoms with Crippen molar-refractivity contribution >= 4 is 17.2 Å². The molecule has 0 unspecified atom stereocenters. The molecule has 1 aliphatic rings. The van der Waals surface area contributed by atoms with Crippen LogP contribution < -0.4 is 0 Å². The molecule has 3 rings (SSSR count). The van der Waals surface area contributed by atoms with E-state index in [0.29, 0.717) is 6.42 Å². The SMILES string of the molecule is CCc1nc(CC(=O)N2CCC[C@H]2c2cnn(C)c2)cs1. The number of amides is 1. The van der Waals surface area contributed by atoms with E-state index in [1.165, 1.54) is 0 Å². The van der Waals surface area contributed by atoms with Crippen LogP contribution in [0.5, 0.6) is 0 Å². The Morgan fingerprint density at radius 2 is 2.38 bits per heavy atom. The summed E-state index contributed by atoms with van der Waals surface area (Å²) in [5.41, 5.74) is 2.04. The van der Waals surface area contributed by atoms with Crippen molar-refractivity contribution in [2.24, 2.45) is 7.05 Å². The number of carbonyl (C=O) groups excluding carboxylic acids is 1. The second kappa shape index (κ2) is 5.97. The summed E-state index contributed by atoms with van der Waals surface area (Å²) in [4.78, 5) is 19.1. The Bertz CT molecular complexity index is 633.